The molecule has 0 bridgehead atoms. The Labute approximate surface area is 205 Å². The lowest BCUT2D eigenvalue weighted by Gasteiger charge is -2.25. The molecule has 2 aromatic carbocycles. The topological polar surface area (TPSA) is 148 Å². The van der Waals surface area contributed by atoms with E-state index in [1.54, 1.807) is 24.3 Å². The second-order valence-corrected chi connectivity index (χ2v) is 8.30. The monoisotopic (exact) mass is 491 g/mol. The van der Waals surface area contributed by atoms with Crippen molar-refractivity contribution in [2.75, 3.05) is 37.9 Å². The number of methoxy groups -OCH3 is 1. The first-order chi connectivity index (χ1) is 17.2. The molecular weight excluding hydrogens is 466 g/mol. The SMILES string of the molecule is COCCCN(C(=O)c1ccc2c(c1)C(=O)N(C)C2=O)c1c(N)n(Cc2ccccc2)c(=O)[nH]c1=O. The van der Waals surface area contributed by atoms with E-state index < -0.39 is 29.0 Å². The molecular formula is C25H25N5O6. The number of ether oxygens (including phenoxy) is 1. The first-order valence-electron chi connectivity index (χ1n) is 11.2. The lowest BCUT2D eigenvalue weighted by Crippen LogP contribution is -2.42. The molecule has 0 spiro atoms. The summed E-state index contributed by atoms with van der Waals surface area (Å²) in [5.74, 6) is -1.78. The molecule has 1 aliphatic rings. The fourth-order valence-corrected chi connectivity index (χ4v) is 4.09. The van der Waals surface area contributed by atoms with Crippen LogP contribution in [0.1, 0.15) is 43.1 Å². The number of nitrogens with two attached hydrogens (primary N) is 1. The third-order valence-corrected chi connectivity index (χ3v) is 5.98. The maximum absolute atomic E-state index is 13.6. The molecule has 0 atom stereocenters. The lowest BCUT2D eigenvalue weighted by molar-refractivity contribution is 0.0693. The highest BCUT2D eigenvalue weighted by Gasteiger charge is 2.34. The number of hydrogen-bond donors (Lipinski definition) is 2. The maximum Gasteiger partial charge on any atom is 0.330 e. The number of hydrogen-bond acceptors (Lipinski definition) is 7. The van der Waals surface area contributed by atoms with Gasteiger partial charge in [-0.1, -0.05) is 30.3 Å². The van der Waals surface area contributed by atoms with Gasteiger partial charge in [0.2, 0.25) is 0 Å². The zero-order valence-corrected chi connectivity index (χ0v) is 19.8. The lowest BCUT2D eigenvalue weighted by atomic mass is 10.0. The van der Waals surface area contributed by atoms with Gasteiger partial charge in [0.05, 0.1) is 17.7 Å². The molecule has 36 heavy (non-hydrogen) atoms. The average Bonchev–Trinajstić information content (AvgIpc) is 3.09. The molecule has 3 N–H and O–H groups in total. The van der Waals surface area contributed by atoms with Crippen molar-refractivity contribution in [2.24, 2.45) is 0 Å². The molecule has 11 heteroatoms. The smallest absolute Gasteiger partial charge is 0.330 e. The highest BCUT2D eigenvalue weighted by molar-refractivity contribution is 6.22. The van der Waals surface area contributed by atoms with E-state index in [9.17, 15) is 24.0 Å². The Balaban J connectivity index is 1.79. The molecule has 0 aliphatic carbocycles. The summed E-state index contributed by atoms with van der Waals surface area (Å²) in [6.45, 7) is 0.428. The van der Waals surface area contributed by atoms with E-state index in [-0.39, 0.29) is 41.3 Å². The van der Waals surface area contributed by atoms with Crippen molar-refractivity contribution >= 4 is 29.2 Å². The number of anilines is 2. The quantitative estimate of drug-likeness (QED) is 0.354. The van der Waals surface area contributed by atoms with Crippen LogP contribution in [0.2, 0.25) is 0 Å². The van der Waals surface area contributed by atoms with E-state index in [1.807, 2.05) is 6.07 Å². The van der Waals surface area contributed by atoms with E-state index in [0.717, 1.165) is 10.5 Å². The van der Waals surface area contributed by atoms with E-state index in [4.69, 9.17) is 10.5 Å². The number of carbonyl (C=O) groups excluding carboxylic acids is 3. The Hall–Kier alpha value is -4.51. The van der Waals surface area contributed by atoms with Gasteiger partial charge in [0.1, 0.15) is 5.82 Å². The Morgan fingerprint density at radius 1 is 1.03 bits per heavy atom. The summed E-state index contributed by atoms with van der Waals surface area (Å²) in [6.07, 6.45) is 0.365. The normalized spacial score (nSPS) is 12.7. The molecule has 0 unspecified atom stereocenters. The molecule has 3 aromatic rings. The van der Waals surface area contributed by atoms with Crippen molar-refractivity contribution in [3.05, 3.63) is 91.6 Å². The second kappa shape index (κ2) is 10.0. The fraction of sp³-hybridized carbons (Fsp3) is 0.240. The molecule has 1 aromatic heterocycles. The van der Waals surface area contributed by atoms with Gasteiger partial charge >= 0.3 is 5.69 Å². The van der Waals surface area contributed by atoms with Gasteiger partial charge in [-0.05, 0) is 30.2 Å². The number of carbonyl (C=O) groups is 3. The van der Waals surface area contributed by atoms with Crippen LogP contribution >= 0.6 is 0 Å². The van der Waals surface area contributed by atoms with E-state index >= 15 is 0 Å². The summed E-state index contributed by atoms with van der Waals surface area (Å²) in [4.78, 5) is 68.2. The first-order valence-corrected chi connectivity index (χ1v) is 11.2. The van der Waals surface area contributed by atoms with E-state index in [1.165, 1.54) is 41.8 Å². The number of amides is 3. The minimum absolute atomic E-state index is 0.0490. The summed E-state index contributed by atoms with van der Waals surface area (Å²) >= 11 is 0. The molecule has 0 fully saturated rings. The van der Waals surface area contributed by atoms with Crippen molar-refractivity contribution in [1.82, 2.24) is 14.5 Å². The predicted octanol–water partition coefficient (Wildman–Crippen LogP) is 1.08. The van der Waals surface area contributed by atoms with Gasteiger partial charge in [-0.2, -0.15) is 0 Å². The summed E-state index contributed by atoms with van der Waals surface area (Å²) in [5.41, 5.74) is 5.75. The highest BCUT2D eigenvalue weighted by atomic mass is 16.5. The average molecular weight is 492 g/mol. The van der Waals surface area contributed by atoms with Crippen LogP contribution in [0.4, 0.5) is 11.5 Å². The number of fused-ring (bicyclic) bond motifs is 1. The number of rotatable bonds is 8. The Morgan fingerprint density at radius 2 is 1.72 bits per heavy atom. The van der Waals surface area contributed by atoms with Crippen LogP contribution in [0.5, 0.6) is 0 Å². The predicted molar refractivity (Wildman–Crippen MR) is 132 cm³/mol. The van der Waals surface area contributed by atoms with Crippen molar-refractivity contribution in [1.29, 1.82) is 0 Å². The fourth-order valence-electron chi connectivity index (χ4n) is 4.09. The largest absolute Gasteiger partial charge is 0.385 e. The molecule has 0 saturated heterocycles. The van der Waals surface area contributed by atoms with Crippen LogP contribution in [0.15, 0.2) is 58.1 Å². The van der Waals surface area contributed by atoms with Crippen molar-refractivity contribution in [3.63, 3.8) is 0 Å². The number of aromatic amines is 1. The van der Waals surface area contributed by atoms with Crippen LogP contribution in [0.3, 0.4) is 0 Å². The Morgan fingerprint density at radius 3 is 2.42 bits per heavy atom. The molecule has 0 radical (unpaired) electrons. The molecule has 1 aliphatic heterocycles. The van der Waals surface area contributed by atoms with E-state index in [0.29, 0.717) is 13.0 Å². The minimum atomic E-state index is -0.820. The van der Waals surface area contributed by atoms with Gasteiger partial charge in [-0.3, -0.25) is 33.6 Å². The van der Waals surface area contributed by atoms with Crippen LogP contribution in [-0.4, -0.2) is 59.5 Å². The zero-order chi connectivity index (χ0) is 26.0. The number of H-pyrrole nitrogens is 1. The van der Waals surface area contributed by atoms with Gasteiger partial charge in [-0.15, -0.1) is 0 Å². The zero-order valence-electron chi connectivity index (χ0n) is 19.8. The van der Waals surface area contributed by atoms with Crippen molar-refractivity contribution in [3.8, 4) is 0 Å². The standard InChI is InChI=1S/C25H25N5O6/c1-28-23(33)17-10-9-16(13-18(17)24(28)34)22(32)29(11-6-12-36-2)19-20(26)30(25(35)27-21(19)31)14-15-7-4-3-5-8-15/h3-5,7-10,13H,6,11-12,14,26H2,1-2H3,(H,27,31,35). The number of nitrogen functional groups attached to an aromatic ring is 1. The van der Waals surface area contributed by atoms with Gasteiger partial charge in [0.15, 0.2) is 5.69 Å². The number of imide groups is 1. The van der Waals surface area contributed by atoms with Gasteiger partial charge in [0, 0.05) is 32.9 Å². The molecule has 186 valence electrons. The van der Waals surface area contributed by atoms with Crippen LogP contribution in [-0.2, 0) is 11.3 Å². The summed E-state index contributed by atoms with van der Waals surface area (Å²) in [5, 5.41) is 0. The van der Waals surface area contributed by atoms with Gasteiger partial charge in [0.25, 0.3) is 23.3 Å². The molecule has 4 rings (SSSR count). The van der Waals surface area contributed by atoms with Crippen molar-refractivity contribution in [2.45, 2.75) is 13.0 Å². The van der Waals surface area contributed by atoms with Crippen LogP contribution in [0.25, 0.3) is 0 Å². The summed E-state index contributed by atoms with van der Waals surface area (Å²) in [7, 11) is 2.87. The minimum Gasteiger partial charge on any atom is -0.385 e. The molecule has 11 nitrogen and oxygen atoms in total. The van der Waals surface area contributed by atoms with E-state index in [2.05, 4.69) is 4.98 Å². The van der Waals surface area contributed by atoms with Crippen LogP contribution < -0.4 is 21.9 Å². The first kappa shape index (κ1) is 24.6. The van der Waals surface area contributed by atoms with Gasteiger partial charge < -0.3 is 15.4 Å². The maximum atomic E-state index is 13.6. The van der Waals surface area contributed by atoms with Gasteiger partial charge in [-0.25, -0.2) is 4.79 Å². The highest BCUT2D eigenvalue weighted by Crippen LogP contribution is 2.25. The number of aromatic nitrogens is 2. The molecule has 2 heterocycles. The third-order valence-electron chi connectivity index (χ3n) is 5.98. The summed E-state index contributed by atoms with van der Waals surface area (Å²) in [6, 6.07) is 13.2. The van der Waals surface area contributed by atoms with Crippen LogP contribution in [0, 0.1) is 0 Å². The Kier molecular flexibility index (Phi) is 6.84. The number of nitrogens with one attached hydrogen (secondary N) is 1. The number of benzene rings is 2. The second-order valence-electron chi connectivity index (χ2n) is 8.30. The number of nitrogens with zero attached hydrogens (tertiary/aromatic N) is 3. The van der Waals surface area contributed by atoms with Crippen molar-refractivity contribution < 1.29 is 19.1 Å². The molecule has 0 saturated carbocycles. The summed E-state index contributed by atoms with van der Waals surface area (Å²) < 4.78 is 6.28. The third kappa shape index (κ3) is 4.43. The Bertz CT molecular complexity index is 1460. The molecule has 3 amide bonds.